The van der Waals surface area contributed by atoms with E-state index in [4.69, 9.17) is 5.11 Å². The minimum atomic E-state index is -0.0463. The summed E-state index contributed by atoms with van der Waals surface area (Å²) in [5, 5.41) is 15.5. The van der Waals surface area contributed by atoms with Crippen LogP contribution in [0.4, 0.5) is 5.69 Å². The summed E-state index contributed by atoms with van der Waals surface area (Å²) < 4.78 is 0. The van der Waals surface area contributed by atoms with Gasteiger partial charge in [0.2, 0.25) is 0 Å². The minimum Gasteiger partial charge on any atom is -0.392 e. The van der Waals surface area contributed by atoms with E-state index < -0.39 is 0 Å². The molecule has 3 N–H and O–H groups in total. The van der Waals surface area contributed by atoms with Crippen LogP contribution >= 0.6 is 0 Å². The third-order valence-electron chi connectivity index (χ3n) is 3.97. The van der Waals surface area contributed by atoms with Gasteiger partial charge in [-0.05, 0) is 41.7 Å². The fraction of sp³-hybridized carbons (Fsp3) is 0.278. The minimum absolute atomic E-state index is 0.0135. The molecule has 2 aromatic rings. The molecule has 0 fully saturated rings. The van der Waals surface area contributed by atoms with Crippen LogP contribution in [0.2, 0.25) is 0 Å². The van der Waals surface area contributed by atoms with Gasteiger partial charge in [-0.1, -0.05) is 30.3 Å². The molecule has 4 heteroatoms. The highest BCUT2D eigenvalue weighted by Gasteiger charge is 2.16. The number of rotatable bonds is 4. The van der Waals surface area contributed by atoms with Crippen molar-refractivity contribution in [1.82, 2.24) is 5.32 Å². The van der Waals surface area contributed by atoms with Crippen molar-refractivity contribution < 1.29 is 9.90 Å². The zero-order valence-corrected chi connectivity index (χ0v) is 12.4. The molecule has 22 heavy (non-hydrogen) atoms. The van der Waals surface area contributed by atoms with Crippen LogP contribution in [0.1, 0.15) is 33.5 Å². The Bertz CT molecular complexity index is 683. The quantitative estimate of drug-likeness (QED) is 0.812. The van der Waals surface area contributed by atoms with Crippen LogP contribution in [-0.2, 0) is 19.6 Å². The molecule has 1 heterocycles. The highest BCUT2D eigenvalue weighted by atomic mass is 16.3. The Hall–Kier alpha value is -2.33. The molecule has 4 nitrogen and oxygen atoms in total. The maximum Gasteiger partial charge on any atom is 0.251 e. The number of carbonyl (C=O) groups is 1. The van der Waals surface area contributed by atoms with E-state index in [0.29, 0.717) is 6.54 Å². The summed E-state index contributed by atoms with van der Waals surface area (Å²) in [6, 6.07) is 13.4. The normalized spacial score (nSPS) is 13.1. The lowest BCUT2D eigenvalue weighted by Crippen LogP contribution is -2.25. The molecular weight excluding hydrogens is 276 g/mol. The number of benzene rings is 2. The predicted octanol–water partition coefficient (Wildman–Crippen LogP) is 2.47. The van der Waals surface area contributed by atoms with Crippen molar-refractivity contribution in [3.8, 4) is 0 Å². The Labute approximate surface area is 130 Å². The van der Waals surface area contributed by atoms with Gasteiger partial charge in [0.25, 0.3) is 5.91 Å². The van der Waals surface area contributed by atoms with Crippen molar-refractivity contribution in [2.45, 2.75) is 26.0 Å². The maximum absolute atomic E-state index is 12.5. The lowest BCUT2D eigenvalue weighted by molar-refractivity contribution is 0.0950. The second-order valence-corrected chi connectivity index (χ2v) is 5.52. The van der Waals surface area contributed by atoms with Crippen LogP contribution in [0.25, 0.3) is 0 Å². The van der Waals surface area contributed by atoms with Crippen LogP contribution in [0.3, 0.4) is 0 Å². The summed E-state index contributed by atoms with van der Waals surface area (Å²) in [6.45, 7) is 1.44. The summed E-state index contributed by atoms with van der Waals surface area (Å²) in [6.07, 6.45) is 1.99. The van der Waals surface area contributed by atoms with Gasteiger partial charge < -0.3 is 15.7 Å². The van der Waals surface area contributed by atoms with Gasteiger partial charge in [0, 0.05) is 24.3 Å². The molecule has 0 aromatic heterocycles. The fourth-order valence-electron chi connectivity index (χ4n) is 2.84. The zero-order valence-electron chi connectivity index (χ0n) is 12.4. The molecule has 0 bridgehead atoms. The first-order valence-corrected chi connectivity index (χ1v) is 7.60. The third-order valence-corrected chi connectivity index (χ3v) is 3.97. The van der Waals surface area contributed by atoms with E-state index in [1.807, 2.05) is 42.5 Å². The highest BCUT2D eigenvalue weighted by molar-refractivity contribution is 5.97. The van der Waals surface area contributed by atoms with Gasteiger partial charge in [-0.3, -0.25) is 4.79 Å². The van der Waals surface area contributed by atoms with Gasteiger partial charge in [-0.25, -0.2) is 0 Å². The zero-order chi connectivity index (χ0) is 15.4. The molecule has 0 saturated heterocycles. The van der Waals surface area contributed by atoms with Crippen molar-refractivity contribution in [2.75, 3.05) is 11.9 Å². The van der Waals surface area contributed by atoms with Crippen LogP contribution in [-0.4, -0.2) is 17.6 Å². The van der Waals surface area contributed by atoms with Crippen molar-refractivity contribution in [2.24, 2.45) is 0 Å². The molecule has 1 aliphatic heterocycles. The van der Waals surface area contributed by atoms with Crippen molar-refractivity contribution in [3.63, 3.8) is 0 Å². The van der Waals surface area contributed by atoms with E-state index in [0.717, 1.165) is 47.3 Å². The molecule has 1 aliphatic rings. The first-order chi connectivity index (χ1) is 10.8. The summed E-state index contributed by atoms with van der Waals surface area (Å²) in [4.78, 5) is 12.5. The molecule has 0 saturated carbocycles. The lowest BCUT2D eigenvalue weighted by atomic mass is 9.97. The first-order valence-electron chi connectivity index (χ1n) is 7.60. The molecule has 3 rings (SSSR count). The number of carbonyl (C=O) groups excluding carboxylic acids is 1. The summed E-state index contributed by atoms with van der Waals surface area (Å²) in [5.74, 6) is -0.0463. The van der Waals surface area contributed by atoms with Gasteiger partial charge in [-0.15, -0.1) is 0 Å². The first kappa shape index (κ1) is 14.6. The molecule has 0 aliphatic carbocycles. The molecule has 0 spiro atoms. The van der Waals surface area contributed by atoms with Gasteiger partial charge in [0.1, 0.15) is 0 Å². The lowest BCUT2D eigenvalue weighted by Gasteiger charge is -2.20. The Kier molecular flexibility index (Phi) is 4.39. The third kappa shape index (κ3) is 3.12. The van der Waals surface area contributed by atoms with E-state index in [-0.39, 0.29) is 12.5 Å². The van der Waals surface area contributed by atoms with Gasteiger partial charge >= 0.3 is 0 Å². The number of aliphatic hydroxyl groups is 1. The molecule has 114 valence electrons. The SMILES string of the molecule is O=C(NCc1cccc(CO)c1)c1cccc2c1CCCN2. The second-order valence-electron chi connectivity index (χ2n) is 5.52. The molecule has 0 radical (unpaired) electrons. The van der Waals surface area contributed by atoms with Gasteiger partial charge in [0.05, 0.1) is 6.61 Å². The number of aliphatic hydroxyl groups excluding tert-OH is 1. The number of fused-ring (bicyclic) bond motifs is 1. The monoisotopic (exact) mass is 296 g/mol. The number of hydrogen-bond donors (Lipinski definition) is 3. The largest absolute Gasteiger partial charge is 0.392 e. The Balaban J connectivity index is 1.72. The topological polar surface area (TPSA) is 61.4 Å². The van der Waals surface area contributed by atoms with E-state index in [2.05, 4.69) is 10.6 Å². The van der Waals surface area contributed by atoms with Gasteiger partial charge in [-0.2, -0.15) is 0 Å². The van der Waals surface area contributed by atoms with Crippen molar-refractivity contribution >= 4 is 11.6 Å². The van der Waals surface area contributed by atoms with Crippen LogP contribution < -0.4 is 10.6 Å². The Morgan fingerprint density at radius 2 is 2.00 bits per heavy atom. The summed E-state index contributed by atoms with van der Waals surface area (Å²) in [5.41, 5.74) is 4.77. The molecule has 0 unspecified atom stereocenters. The molecule has 2 aromatic carbocycles. The average molecular weight is 296 g/mol. The molecule has 1 amide bonds. The molecule has 0 atom stereocenters. The second kappa shape index (κ2) is 6.62. The standard InChI is InChI=1S/C18H20N2O2/c21-12-14-5-1-4-13(10-14)11-20-18(22)16-6-2-8-17-15(16)7-3-9-19-17/h1-2,4-6,8,10,19,21H,3,7,9,11-12H2,(H,20,22). The summed E-state index contributed by atoms with van der Waals surface area (Å²) in [7, 11) is 0. The van der Waals surface area contributed by atoms with Gasteiger partial charge in [0.15, 0.2) is 0 Å². The number of anilines is 1. The smallest absolute Gasteiger partial charge is 0.251 e. The predicted molar refractivity (Wildman–Crippen MR) is 86.8 cm³/mol. The van der Waals surface area contributed by atoms with Crippen LogP contribution in [0.5, 0.6) is 0 Å². The van der Waals surface area contributed by atoms with Crippen LogP contribution in [0.15, 0.2) is 42.5 Å². The highest BCUT2D eigenvalue weighted by Crippen LogP contribution is 2.25. The number of nitrogens with one attached hydrogen (secondary N) is 2. The van der Waals surface area contributed by atoms with Crippen molar-refractivity contribution in [1.29, 1.82) is 0 Å². The fourth-order valence-corrected chi connectivity index (χ4v) is 2.84. The maximum atomic E-state index is 12.5. The number of amides is 1. The Morgan fingerprint density at radius 1 is 1.18 bits per heavy atom. The van der Waals surface area contributed by atoms with E-state index in [1.165, 1.54) is 0 Å². The van der Waals surface area contributed by atoms with E-state index in [1.54, 1.807) is 0 Å². The van der Waals surface area contributed by atoms with E-state index in [9.17, 15) is 4.79 Å². The average Bonchev–Trinajstić information content (AvgIpc) is 2.59. The Morgan fingerprint density at radius 3 is 2.86 bits per heavy atom. The molecular formula is C18H20N2O2. The van der Waals surface area contributed by atoms with E-state index >= 15 is 0 Å². The summed E-state index contributed by atoms with van der Waals surface area (Å²) >= 11 is 0. The van der Waals surface area contributed by atoms with Crippen LogP contribution in [0, 0.1) is 0 Å². The number of hydrogen-bond acceptors (Lipinski definition) is 3. The van der Waals surface area contributed by atoms with Crippen molar-refractivity contribution in [3.05, 3.63) is 64.7 Å².